The summed E-state index contributed by atoms with van der Waals surface area (Å²) in [5.41, 5.74) is 3.51. The molecule has 0 unspecified atom stereocenters. The van der Waals surface area contributed by atoms with Crippen molar-refractivity contribution in [3.8, 4) is 0 Å². The number of nitrogens with one attached hydrogen (secondary N) is 1. The second kappa shape index (κ2) is 6.49. The lowest BCUT2D eigenvalue weighted by Crippen LogP contribution is -2.44. The van der Waals surface area contributed by atoms with E-state index in [0.29, 0.717) is 10.4 Å². The van der Waals surface area contributed by atoms with Gasteiger partial charge in [0.25, 0.3) is 5.91 Å². The Labute approximate surface area is 115 Å². The Kier molecular flexibility index (Phi) is 4.70. The van der Waals surface area contributed by atoms with Crippen molar-refractivity contribution in [1.82, 2.24) is 10.4 Å². The topological polar surface area (TPSA) is 69.6 Å². The first-order valence-electron chi connectivity index (χ1n) is 6.21. The Morgan fingerprint density at radius 1 is 1.32 bits per heavy atom. The molecule has 2 rings (SSSR count). The van der Waals surface area contributed by atoms with E-state index in [9.17, 15) is 9.59 Å². The van der Waals surface area contributed by atoms with Crippen LogP contribution in [-0.4, -0.2) is 35.1 Å². The summed E-state index contributed by atoms with van der Waals surface area (Å²) in [7, 11) is 0. The second-order valence-electron chi connectivity index (χ2n) is 4.37. The molecule has 0 aliphatic carbocycles. The number of thiophene rings is 1. The van der Waals surface area contributed by atoms with Crippen LogP contribution in [0, 0.1) is 0 Å². The van der Waals surface area contributed by atoms with Gasteiger partial charge in [0.15, 0.2) is 0 Å². The smallest absolute Gasteiger partial charge is 0.328 e. The summed E-state index contributed by atoms with van der Waals surface area (Å²) < 4.78 is 0. The fourth-order valence-electron chi connectivity index (χ4n) is 2.00. The molecule has 0 spiro atoms. The number of aliphatic carboxylic acids is 1. The number of carboxylic acids is 1. The van der Waals surface area contributed by atoms with E-state index >= 15 is 0 Å². The van der Waals surface area contributed by atoms with Crippen LogP contribution in [0.25, 0.3) is 6.08 Å². The Hall–Kier alpha value is -1.66. The van der Waals surface area contributed by atoms with Crippen molar-refractivity contribution < 1.29 is 14.7 Å². The summed E-state index contributed by atoms with van der Waals surface area (Å²) in [6.45, 7) is 1.74. The number of hydrogen-bond donors (Lipinski definition) is 2. The van der Waals surface area contributed by atoms with Crippen LogP contribution in [0.4, 0.5) is 0 Å². The first-order chi connectivity index (χ1) is 9.16. The van der Waals surface area contributed by atoms with Gasteiger partial charge in [0.05, 0.1) is 0 Å². The zero-order chi connectivity index (χ0) is 13.7. The largest absolute Gasteiger partial charge is 0.478 e. The summed E-state index contributed by atoms with van der Waals surface area (Å²) in [4.78, 5) is 23.2. The molecule has 1 aromatic rings. The van der Waals surface area contributed by atoms with Gasteiger partial charge in [-0.3, -0.25) is 10.2 Å². The van der Waals surface area contributed by atoms with Crippen LogP contribution in [0.2, 0.25) is 0 Å². The lowest BCUT2D eigenvalue weighted by atomic mass is 10.2. The first kappa shape index (κ1) is 13.8. The number of hydrazine groups is 1. The highest BCUT2D eigenvalue weighted by atomic mass is 32.1. The zero-order valence-electron chi connectivity index (χ0n) is 10.5. The molecular formula is C13H16N2O3S. The monoisotopic (exact) mass is 280 g/mol. The highest BCUT2D eigenvalue weighted by molar-refractivity contribution is 7.12. The predicted octanol–water partition coefficient (Wildman–Crippen LogP) is 1.98. The highest BCUT2D eigenvalue weighted by Gasteiger charge is 2.16. The lowest BCUT2D eigenvalue weighted by Gasteiger charge is -2.26. The molecule has 1 aliphatic heterocycles. The summed E-state index contributed by atoms with van der Waals surface area (Å²) in [5.74, 6) is -1.18. The third kappa shape index (κ3) is 3.90. The number of carboxylic acid groups (broad SMARTS) is 1. The summed E-state index contributed by atoms with van der Waals surface area (Å²) >= 11 is 1.32. The number of piperidine rings is 1. The van der Waals surface area contributed by atoms with Gasteiger partial charge in [0, 0.05) is 19.2 Å². The van der Waals surface area contributed by atoms with Gasteiger partial charge in [0.1, 0.15) is 4.88 Å². The van der Waals surface area contributed by atoms with Crippen LogP contribution in [0.15, 0.2) is 17.5 Å². The van der Waals surface area contributed by atoms with Gasteiger partial charge < -0.3 is 5.11 Å². The van der Waals surface area contributed by atoms with Gasteiger partial charge in [-0.25, -0.2) is 9.80 Å². The summed E-state index contributed by atoms with van der Waals surface area (Å²) in [6, 6.07) is 1.75. The van der Waals surface area contributed by atoms with Crippen molar-refractivity contribution in [3.05, 3.63) is 28.0 Å². The van der Waals surface area contributed by atoms with E-state index in [1.807, 2.05) is 5.01 Å². The fraction of sp³-hybridized carbons (Fsp3) is 0.385. The minimum absolute atomic E-state index is 0.165. The van der Waals surface area contributed by atoms with Gasteiger partial charge in [-0.15, -0.1) is 11.3 Å². The molecule has 0 atom stereocenters. The molecule has 2 N–H and O–H groups in total. The molecule has 5 nitrogen and oxygen atoms in total. The molecule has 0 bridgehead atoms. The van der Waals surface area contributed by atoms with Crippen molar-refractivity contribution in [2.75, 3.05) is 13.1 Å². The van der Waals surface area contributed by atoms with Crippen molar-refractivity contribution in [2.45, 2.75) is 19.3 Å². The molecule has 1 aromatic heterocycles. The number of carbonyl (C=O) groups excluding carboxylic acids is 1. The fourth-order valence-corrected chi connectivity index (χ4v) is 2.77. The van der Waals surface area contributed by atoms with Gasteiger partial charge in [-0.2, -0.15) is 0 Å². The quantitative estimate of drug-likeness (QED) is 0.827. The molecule has 0 radical (unpaired) electrons. The van der Waals surface area contributed by atoms with Gasteiger partial charge in [-0.05, 0) is 35.9 Å². The van der Waals surface area contributed by atoms with Crippen LogP contribution in [-0.2, 0) is 4.79 Å². The molecule has 6 heteroatoms. The SMILES string of the molecule is O=C(O)/C=C/c1ccsc1C(=O)NN1CCCCC1. The molecular weight excluding hydrogens is 264 g/mol. The average molecular weight is 280 g/mol. The molecule has 19 heavy (non-hydrogen) atoms. The van der Waals surface area contributed by atoms with Gasteiger partial charge >= 0.3 is 5.97 Å². The number of hydrogen-bond acceptors (Lipinski definition) is 4. The van der Waals surface area contributed by atoms with E-state index in [1.54, 1.807) is 11.4 Å². The molecule has 1 amide bonds. The van der Waals surface area contributed by atoms with E-state index in [-0.39, 0.29) is 5.91 Å². The molecule has 102 valence electrons. The van der Waals surface area contributed by atoms with E-state index in [4.69, 9.17) is 5.11 Å². The Balaban J connectivity index is 2.02. The molecule has 2 heterocycles. The summed E-state index contributed by atoms with van der Waals surface area (Å²) in [5, 5.41) is 12.3. The van der Waals surface area contributed by atoms with Crippen LogP contribution in [0.1, 0.15) is 34.5 Å². The Morgan fingerprint density at radius 3 is 2.74 bits per heavy atom. The van der Waals surface area contributed by atoms with Crippen LogP contribution >= 0.6 is 11.3 Å². The maximum absolute atomic E-state index is 12.1. The number of amides is 1. The zero-order valence-corrected chi connectivity index (χ0v) is 11.3. The van der Waals surface area contributed by atoms with Crippen molar-refractivity contribution >= 4 is 29.3 Å². The normalized spacial score (nSPS) is 16.6. The Bertz CT molecular complexity index is 490. The Morgan fingerprint density at radius 2 is 2.05 bits per heavy atom. The lowest BCUT2D eigenvalue weighted by molar-refractivity contribution is -0.131. The van der Waals surface area contributed by atoms with Crippen molar-refractivity contribution in [2.24, 2.45) is 0 Å². The van der Waals surface area contributed by atoms with E-state index < -0.39 is 5.97 Å². The maximum Gasteiger partial charge on any atom is 0.328 e. The van der Waals surface area contributed by atoms with Crippen molar-refractivity contribution in [3.63, 3.8) is 0 Å². The van der Waals surface area contributed by atoms with E-state index in [1.165, 1.54) is 23.8 Å². The number of carbonyl (C=O) groups is 2. The minimum Gasteiger partial charge on any atom is -0.478 e. The second-order valence-corrected chi connectivity index (χ2v) is 5.28. The molecule has 0 aromatic carbocycles. The van der Waals surface area contributed by atoms with Crippen LogP contribution in [0.5, 0.6) is 0 Å². The third-order valence-electron chi connectivity index (χ3n) is 2.92. The van der Waals surface area contributed by atoms with Crippen LogP contribution < -0.4 is 5.43 Å². The summed E-state index contributed by atoms with van der Waals surface area (Å²) in [6.07, 6.45) is 5.88. The van der Waals surface area contributed by atoms with Gasteiger partial charge in [0.2, 0.25) is 0 Å². The number of nitrogens with zero attached hydrogens (tertiary/aromatic N) is 1. The molecule has 1 saturated heterocycles. The first-order valence-corrected chi connectivity index (χ1v) is 7.09. The third-order valence-corrected chi connectivity index (χ3v) is 3.85. The standard InChI is InChI=1S/C13H16N2O3S/c16-11(17)5-4-10-6-9-19-12(10)13(18)14-15-7-2-1-3-8-15/h4-6,9H,1-3,7-8H2,(H,14,18)(H,16,17)/b5-4+. The molecule has 1 fully saturated rings. The molecule has 1 aliphatic rings. The number of rotatable bonds is 4. The van der Waals surface area contributed by atoms with Gasteiger partial charge in [-0.1, -0.05) is 6.42 Å². The van der Waals surface area contributed by atoms with Crippen molar-refractivity contribution in [1.29, 1.82) is 0 Å². The average Bonchev–Trinajstić information content (AvgIpc) is 2.86. The minimum atomic E-state index is -1.02. The van der Waals surface area contributed by atoms with Crippen LogP contribution in [0.3, 0.4) is 0 Å². The predicted molar refractivity (Wildman–Crippen MR) is 73.9 cm³/mol. The highest BCUT2D eigenvalue weighted by Crippen LogP contribution is 2.18. The molecule has 0 saturated carbocycles. The van der Waals surface area contributed by atoms with E-state index in [2.05, 4.69) is 5.43 Å². The van der Waals surface area contributed by atoms with E-state index in [0.717, 1.165) is 32.0 Å². The maximum atomic E-state index is 12.1.